The average molecular weight is 215 g/mol. The van der Waals surface area contributed by atoms with Crippen molar-refractivity contribution in [2.24, 2.45) is 0 Å². The highest BCUT2D eigenvalue weighted by molar-refractivity contribution is 4.94. The molecule has 0 radical (unpaired) electrons. The molecule has 1 rings (SSSR count). The third-order valence-corrected chi connectivity index (χ3v) is 3.25. The molecule has 92 valence electrons. The molecule has 0 N–H and O–H groups in total. The maximum absolute atomic E-state index is 5.37. The number of nitrogens with zero attached hydrogens (tertiary/aromatic N) is 1. The van der Waals surface area contributed by atoms with Crippen LogP contribution in [0.5, 0.6) is 0 Å². The van der Waals surface area contributed by atoms with Crippen LogP contribution < -0.4 is 0 Å². The van der Waals surface area contributed by atoms with Gasteiger partial charge in [-0.1, -0.05) is 34.1 Å². The standard InChI is InChI=1S/C11H23NO.C2H6/c1-4-7-11(10-13-3)8-6-9-12(11)5-2;1-2/h4-10H2,1-3H3;1-2H3. The van der Waals surface area contributed by atoms with Crippen LogP contribution in [0.4, 0.5) is 0 Å². The zero-order chi connectivity index (χ0) is 11.7. The lowest BCUT2D eigenvalue weighted by Crippen LogP contribution is -2.47. The lowest BCUT2D eigenvalue weighted by atomic mass is 9.91. The number of rotatable bonds is 5. The number of hydrogen-bond acceptors (Lipinski definition) is 2. The summed E-state index contributed by atoms with van der Waals surface area (Å²) in [6, 6.07) is 0. The van der Waals surface area contributed by atoms with E-state index in [2.05, 4.69) is 18.7 Å². The van der Waals surface area contributed by atoms with Crippen molar-refractivity contribution < 1.29 is 4.74 Å². The summed E-state index contributed by atoms with van der Waals surface area (Å²) in [5.41, 5.74) is 0.373. The van der Waals surface area contributed by atoms with Crippen LogP contribution in [0, 0.1) is 0 Å². The quantitative estimate of drug-likeness (QED) is 0.697. The van der Waals surface area contributed by atoms with E-state index in [1.54, 1.807) is 0 Å². The van der Waals surface area contributed by atoms with Crippen LogP contribution in [-0.2, 0) is 4.74 Å². The Balaban J connectivity index is 0.000000921. The molecule has 15 heavy (non-hydrogen) atoms. The first-order valence-corrected chi connectivity index (χ1v) is 6.53. The van der Waals surface area contributed by atoms with E-state index in [1.807, 2.05) is 21.0 Å². The van der Waals surface area contributed by atoms with E-state index >= 15 is 0 Å². The molecule has 1 saturated heterocycles. The largest absolute Gasteiger partial charge is 0.383 e. The highest BCUT2D eigenvalue weighted by Crippen LogP contribution is 2.33. The van der Waals surface area contributed by atoms with Crippen molar-refractivity contribution in [2.45, 2.75) is 58.9 Å². The number of hydrogen-bond donors (Lipinski definition) is 0. The topological polar surface area (TPSA) is 12.5 Å². The summed E-state index contributed by atoms with van der Waals surface area (Å²) in [5, 5.41) is 0. The molecule has 0 aromatic rings. The van der Waals surface area contributed by atoms with Gasteiger partial charge in [0.2, 0.25) is 0 Å². The Morgan fingerprint density at radius 3 is 2.40 bits per heavy atom. The highest BCUT2D eigenvalue weighted by Gasteiger charge is 2.38. The molecule has 0 amide bonds. The van der Waals surface area contributed by atoms with Gasteiger partial charge < -0.3 is 4.74 Å². The van der Waals surface area contributed by atoms with Crippen molar-refractivity contribution in [3.05, 3.63) is 0 Å². The Morgan fingerprint density at radius 2 is 1.93 bits per heavy atom. The Bertz CT molecular complexity index is 141. The van der Waals surface area contributed by atoms with Crippen LogP contribution >= 0.6 is 0 Å². The molecule has 1 aliphatic heterocycles. The van der Waals surface area contributed by atoms with Crippen molar-refractivity contribution in [3.63, 3.8) is 0 Å². The molecular weight excluding hydrogens is 186 g/mol. The van der Waals surface area contributed by atoms with Gasteiger partial charge in [0, 0.05) is 12.6 Å². The first-order chi connectivity index (χ1) is 7.29. The predicted octanol–water partition coefficient (Wildman–Crippen LogP) is 3.31. The summed E-state index contributed by atoms with van der Waals surface area (Å²) in [7, 11) is 1.82. The number of ether oxygens (including phenoxy) is 1. The molecule has 0 aromatic carbocycles. The zero-order valence-corrected chi connectivity index (χ0v) is 11.3. The van der Waals surface area contributed by atoms with E-state index in [9.17, 15) is 0 Å². The smallest absolute Gasteiger partial charge is 0.0646 e. The Kier molecular flexibility index (Phi) is 8.07. The third kappa shape index (κ3) is 3.76. The molecule has 0 spiro atoms. The maximum Gasteiger partial charge on any atom is 0.0646 e. The van der Waals surface area contributed by atoms with E-state index in [-0.39, 0.29) is 0 Å². The second kappa shape index (κ2) is 8.12. The maximum atomic E-state index is 5.37. The molecule has 1 atom stereocenters. The normalized spacial score (nSPS) is 26.2. The average Bonchev–Trinajstić information content (AvgIpc) is 2.65. The van der Waals surface area contributed by atoms with Crippen LogP contribution in [0.25, 0.3) is 0 Å². The molecule has 1 aliphatic rings. The van der Waals surface area contributed by atoms with E-state index < -0.39 is 0 Å². The molecule has 1 fully saturated rings. The van der Waals surface area contributed by atoms with Crippen LogP contribution in [0.3, 0.4) is 0 Å². The highest BCUT2D eigenvalue weighted by atomic mass is 16.5. The molecule has 1 unspecified atom stereocenters. The summed E-state index contributed by atoms with van der Waals surface area (Å²) in [6.45, 7) is 11.9. The fraction of sp³-hybridized carbons (Fsp3) is 1.00. The zero-order valence-electron chi connectivity index (χ0n) is 11.3. The van der Waals surface area contributed by atoms with Crippen LogP contribution in [0.1, 0.15) is 53.4 Å². The number of likely N-dealkylation sites (N-methyl/N-ethyl adjacent to an activating group) is 1. The fourth-order valence-corrected chi connectivity index (χ4v) is 2.74. The Hall–Kier alpha value is -0.0800. The summed E-state index contributed by atoms with van der Waals surface area (Å²) < 4.78 is 5.37. The minimum atomic E-state index is 0.373. The van der Waals surface area contributed by atoms with Gasteiger partial charge in [0.25, 0.3) is 0 Å². The van der Waals surface area contributed by atoms with Gasteiger partial charge in [-0.3, -0.25) is 4.90 Å². The van der Waals surface area contributed by atoms with E-state index in [0.29, 0.717) is 5.54 Å². The molecular formula is C13H29NO. The van der Waals surface area contributed by atoms with Gasteiger partial charge in [-0.25, -0.2) is 0 Å². The predicted molar refractivity (Wildman–Crippen MR) is 67.3 cm³/mol. The summed E-state index contributed by atoms with van der Waals surface area (Å²) in [5.74, 6) is 0. The molecule has 0 aromatic heterocycles. The second-order valence-electron chi connectivity index (χ2n) is 4.09. The lowest BCUT2D eigenvalue weighted by Gasteiger charge is -2.37. The minimum Gasteiger partial charge on any atom is -0.383 e. The molecule has 0 saturated carbocycles. The van der Waals surface area contributed by atoms with Crippen molar-refractivity contribution in [1.82, 2.24) is 4.90 Å². The van der Waals surface area contributed by atoms with Gasteiger partial charge in [-0.15, -0.1) is 0 Å². The van der Waals surface area contributed by atoms with Crippen LogP contribution in [-0.4, -0.2) is 37.2 Å². The van der Waals surface area contributed by atoms with Gasteiger partial charge in [0.15, 0.2) is 0 Å². The third-order valence-electron chi connectivity index (χ3n) is 3.25. The molecule has 0 bridgehead atoms. The number of likely N-dealkylation sites (tertiary alicyclic amines) is 1. The molecule has 2 nitrogen and oxygen atoms in total. The molecule has 1 heterocycles. The SMILES string of the molecule is CC.CCCC1(COC)CCCN1CC. The van der Waals surface area contributed by atoms with Gasteiger partial charge in [0.05, 0.1) is 6.61 Å². The first kappa shape index (κ1) is 14.9. The Labute approximate surface area is 96.0 Å². The van der Waals surface area contributed by atoms with E-state index in [4.69, 9.17) is 4.74 Å². The van der Waals surface area contributed by atoms with Crippen molar-refractivity contribution in [3.8, 4) is 0 Å². The fourth-order valence-electron chi connectivity index (χ4n) is 2.74. The van der Waals surface area contributed by atoms with Gasteiger partial charge in [-0.2, -0.15) is 0 Å². The minimum absolute atomic E-state index is 0.373. The monoisotopic (exact) mass is 215 g/mol. The van der Waals surface area contributed by atoms with Crippen LogP contribution in [0.15, 0.2) is 0 Å². The van der Waals surface area contributed by atoms with Gasteiger partial charge >= 0.3 is 0 Å². The Morgan fingerprint density at radius 1 is 1.27 bits per heavy atom. The van der Waals surface area contributed by atoms with Crippen molar-refractivity contribution >= 4 is 0 Å². The van der Waals surface area contributed by atoms with E-state index in [1.165, 1.54) is 38.8 Å². The van der Waals surface area contributed by atoms with Crippen molar-refractivity contribution in [2.75, 3.05) is 26.8 Å². The summed E-state index contributed by atoms with van der Waals surface area (Å²) >= 11 is 0. The van der Waals surface area contributed by atoms with Crippen molar-refractivity contribution in [1.29, 1.82) is 0 Å². The molecule has 2 heteroatoms. The summed E-state index contributed by atoms with van der Waals surface area (Å²) in [4.78, 5) is 2.60. The summed E-state index contributed by atoms with van der Waals surface area (Å²) in [6.07, 6.45) is 5.22. The van der Waals surface area contributed by atoms with E-state index in [0.717, 1.165) is 6.61 Å². The second-order valence-corrected chi connectivity index (χ2v) is 4.09. The van der Waals surface area contributed by atoms with Crippen LogP contribution in [0.2, 0.25) is 0 Å². The lowest BCUT2D eigenvalue weighted by molar-refractivity contribution is 0.0342. The first-order valence-electron chi connectivity index (χ1n) is 6.53. The van der Waals surface area contributed by atoms with Gasteiger partial charge in [0.1, 0.15) is 0 Å². The van der Waals surface area contributed by atoms with Gasteiger partial charge in [-0.05, 0) is 32.4 Å². The molecule has 0 aliphatic carbocycles. The number of methoxy groups -OCH3 is 1.